The van der Waals surface area contributed by atoms with Gasteiger partial charge in [0, 0.05) is 30.2 Å². The molecular formula is C17H17N3. The first kappa shape index (κ1) is 12.7. The molecule has 1 aliphatic rings. The van der Waals surface area contributed by atoms with Crippen LogP contribution in [0, 0.1) is 11.3 Å². The van der Waals surface area contributed by atoms with Gasteiger partial charge in [-0.1, -0.05) is 12.8 Å². The second-order valence-corrected chi connectivity index (χ2v) is 5.25. The molecule has 3 rings (SSSR count). The van der Waals surface area contributed by atoms with E-state index >= 15 is 0 Å². The Morgan fingerprint density at radius 3 is 2.60 bits per heavy atom. The zero-order valence-electron chi connectivity index (χ0n) is 11.4. The van der Waals surface area contributed by atoms with E-state index in [-0.39, 0.29) is 0 Å². The first-order valence-corrected chi connectivity index (χ1v) is 7.07. The third-order valence-corrected chi connectivity index (χ3v) is 3.84. The second-order valence-electron chi connectivity index (χ2n) is 5.25. The van der Waals surface area contributed by atoms with E-state index in [1.54, 1.807) is 12.1 Å². The van der Waals surface area contributed by atoms with Crippen molar-refractivity contribution >= 4 is 11.9 Å². The maximum absolute atomic E-state index is 8.75. The molecule has 0 bridgehead atoms. The summed E-state index contributed by atoms with van der Waals surface area (Å²) in [6.45, 7) is 0. The summed E-state index contributed by atoms with van der Waals surface area (Å²) in [6, 6.07) is 12.2. The van der Waals surface area contributed by atoms with Crippen molar-refractivity contribution in [1.82, 2.24) is 4.57 Å². The molecule has 20 heavy (non-hydrogen) atoms. The van der Waals surface area contributed by atoms with Gasteiger partial charge >= 0.3 is 0 Å². The lowest BCUT2D eigenvalue weighted by Crippen LogP contribution is -2.00. The van der Waals surface area contributed by atoms with Crippen LogP contribution < -0.4 is 0 Å². The Kier molecular flexibility index (Phi) is 3.64. The zero-order chi connectivity index (χ0) is 13.8. The molecule has 1 heterocycles. The third-order valence-electron chi connectivity index (χ3n) is 3.84. The van der Waals surface area contributed by atoms with Crippen molar-refractivity contribution in [2.75, 3.05) is 0 Å². The van der Waals surface area contributed by atoms with E-state index in [2.05, 4.69) is 34.1 Å². The van der Waals surface area contributed by atoms with Crippen LogP contribution in [0.5, 0.6) is 0 Å². The summed E-state index contributed by atoms with van der Waals surface area (Å²) in [5.41, 5.74) is 2.66. The smallest absolute Gasteiger partial charge is 0.0991 e. The van der Waals surface area contributed by atoms with E-state index in [4.69, 9.17) is 5.26 Å². The summed E-state index contributed by atoms with van der Waals surface area (Å²) < 4.78 is 2.31. The molecule has 0 saturated heterocycles. The maximum atomic E-state index is 8.75. The summed E-state index contributed by atoms with van der Waals surface area (Å²) >= 11 is 0. The van der Waals surface area contributed by atoms with Crippen molar-refractivity contribution < 1.29 is 0 Å². The minimum absolute atomic E-state index is 0.663. The number of nitriles is 1. The number of hydrogen-bond donors (Lipinski definition) is 0. The highest BCUT2D eigenvalue weighted by Crippen LogP contribution is 2.29. The number of nitrogens with zero attached hydrogens (tertiary/aromatic N) is 3. The molecule has 0 radical (unpaired) electrons. The zero-order valence-corrected chi connectivity index (χ0v) is 11.4. The summed E-state index contributed by atoms with van der Waals surface area (Å²) in [6.07, 6.45) is 11.5. The third kappa shape index (κ3) is 2.80. The van der Waals surface area contributed by atoms with Crippen LogP contribution in [0.2, 0.25) is 0 Å². The lowest BCUT2D eigenvalue weighted by atomic mass is 10.2. The molecule has 100 valence electrons. The normalized spacial score (nSPS) is 15.8. The van der Waals surface area contributed by atoms with Crippen molar-refractivity contribution in [1.29, 1.82) is 5.26 Å². The van der Waals surface area contributed by atoms with Gasteiger partial charge in [-0.15, -0.1) is 0 Å². The Balaban J connectivity index is 1.70. The van der Waals surface area contributed by atoms with Crippen LogP contribution in [-0.4, -0.2) is 10.8 Å². The summed E-state index contributed by atoms with van der Waals surface area (Å²) in [7, 11) is 0. The SMILES string of the molecule is N#Cc1ccc(N=Cc2ccn(C3CCCC3)c2)cc1. The van der Waals surface area contributed by atoms with Gasteiger partial charge in [0.2, 0.25) is 0 Å². The lowest BCUT2D eigenvalue weighted by Gasteiger charge is -2.10. The average molecular weight is 263 g/mol. The van der Waals surface area contributed by atoms with E-state index in [0.29, 0.717) is 11.6 Å². The largest absolute Gasteiger partial charge is 0.351 e. The Morgan fingerprint density at radius 2 is 1.90 bits per heavy atom. The Bertz CT molecular complexity index is 638. The Hall–Kier alpha value is -2.34. The quantitative estimate of drug-likeness (QED) is 0.764. The molecule has 2 aromatic rings. The molecule has 0 amide bonds. The minimum Gasteiger partial charge on any atom is -0.351 e. The van der Waals surface area contributed by atoms with Crippen LogP contribution in [0.25, 0.3) is 0 Å². The van der Waals surface area contributed by atoms with E-state index in [1.165, 1.54) is 25.7 Å². The van der Waals surface area contributed by atoms with Crippen LogP contribution in [0.15, 0.2) is 47.7 Å². The summed E-state index contributed by atoms with van der Waals surface area (Å²) in [5.74, 6) is 0. The van der Waals surface area contributed by atoms with Crippen LogP contribution >= 0.6 is 0 Å². The molecule has 1 fully saturated rings. The van der Waals surface area contributed by atoms with Crippen LogP contribution in [0.4, 0.5) is 5.69 Å². The Morgan fingerprint density at radius 1 is 1.15 bits per heavy atom. The van der Waals surface area contributed by atoms with Gasteiger partial charge in [0.15, 0.2) is 0 Å². The maximum Gasteiger partial charge on any atom is 0.0991 e. The van der Waals surface area contributed by atoms with E-state index < -0.39 is 0 Å². The van der Waals surface area contributed by atoms with Gasteiger partial charge in [0.1, 0.15) is 0 Å². The van der Waals surface area contributed by atoms with Gasteiger partial charge < -0.3 is 4.57 Å². The number of benzene rings is 1. The molecule has 0 aliphatic heterocycles. The first-order valence-electron chi connectivity index (χ1n) is 7.07. The van der Waals surface area contributed by atoms with Crippen molar-refractivity contribution in [2.45, 2.75) is 31.7 Å². The molecule has 1 aromatic carbocycles. The molecule has 0 atom stereocenters. The van der Waals surface area contributed by atoms with Gasteiger partial charge in [-0.05, 0) is 43.2 Å². The molecule has 0 N–H and O–H groups in total. The Labute approximate surface area is 119 Å². The first-order chi connectivity index (χ1) is 9.85. The molecule has 1 aromatic heterocycles. The van der Waals surface area contributed by atoms with Crippen molar-refractivity contribution in [3.05, 3.63) is 53.9 Å². The fraction of sp³-hybridized carbons (Fsp3) is 0.294. The van der Waals surface area contributed by atoms with Crippen molar-refractivity contribution in [3.8, 4) is 6.07 Å². The highest BCUT2D eigenvalue weighted by molar-refractivity contribution is 5.81. The molecule has 1 saturated carbocycles. The van der Waals surface area contributed by atoms with Gasteiger partial charge in [-0.25, -0.2) is 0 Å². The predicted octanol–water partition coefficient (Wildman–Crippen LogP) is 4.23. The number of aliphatic imine (C=N–C) groups is 1. The number of hydrogen-bond acceptors (Lipinski definition) is 2. The van der Waals surface area contributed by atoms with Crippen molar-refractivity contribution in [2.24, 2.45) is 4.99 Å². The fourth-order valence-electron chi connectivity index (χ4n) is 2.71. The van der Waals surface area contributed by atoms with E-state index in [9.17, 15) is 0 Å². The lowest BCUT2D eigenvalue weighted by molar-refractivity contribution is 0.521. The van der Waals surface area contributed by atoms with Crippen LogP contribution in [0.3, 0.4) is 0 Å². The highest BCUT2D eigenvalue weighted by Gasteiger charge is 2.15. The summed E-state index contributed by atoms with van der Waals surface area (Å²) in [4.78, 5) is 4.44. The number of aromatic nitrogens is 1. The molecule has 3 nitrogen and oxygen atoms in total. The van der Waals surface area contributed by atoms with Crippen LogP contribution in [-0.2, 0) is 0 Å². The molecular weight excluding hydrogens is 246 g/mol. The number of rotatable bonds is 3. The second kappa shape index (κ2) is 5.75. The standard InChI is InChI=1S/C17H17N3/c18-11-14-5-7-16(8-6-14)19-12-15-9-10-20(13-15)17-3-1-2-4-17/h5-10,12-13,17H,1-4H2. The van der Waals surface area contributed by atoms with E-state index in [1.807, 2.05) is 18.3 Å². The van der Waals surface area contributed by atoms with Crippen LogP contribution in [0.1, 0.15) is 42.9 Å². The predicted molar refractivity (Wildman–Crippen MR) is 80.3 cm³/mol. The van der Waals surface area contributed by atoms with Gasteiger partial charge in [-0.3, -0.25) is 4.99 Å². The summed E-state index contributed by atoms with van der Waals surface area (Å²) in [5, 5.41) is 8.75. The highest BCUT2D eigenvalue weighted by atomic mass is 15.0. The molecule has 1 aliphatic carbocycles. The topological polar surface area (TPSA) is 41.1 Å². The monoisotopic (exact) mass is 263 g/mol. The van der Waals surface area contributed by atoms with Crippen molar-refractivity contribution in [3.63, 3.8) is 0 Å². The molecule has 3 heteroatoms. The minimum atomic E-state index is 0.663. The van der Waals surface area contributed by atoms with Gasteiger partial charge in [0.25, 0.3) is 0 Å². The average Bonchev–Trinajstić information content (AvgIpc) is 3.16. The van der Waals surface area contributed by atoms with E-state index in [0.717, 1.165) is 11.3 Å². The molecule has 0 unspecified atom stereocenters. The fourth-order valence-corrected chi connectivity index (χ4v) is 2.71. The molecule has 0 spiro atoms. The van der Waals surface area contributed by atoms with Gasteiger partial charge in [0.05, 0.1) is 17.3 Å². The van der Waals surface area contributed by atoms with Gasteiger partial charge in [-0.2, -0.15) is 5.26 Å².